The molecule has 66 valence electrons. The minimum atomic E-state index is -1.61. The first-order valence-corrected chi connectivity index (χ1v) is 3.67. The van der Waals surface area contributed by atoms with Crippen molar-refractivity contribution >= 4 is 0 Å². The highest BCUT2D eigenvalue weighted by Crippen LogP contribution is 2.25. The molecule has 1 aliphatic rings. The summed E-state index contributed by atoms with van der Waals surface area (Å²) in [4.78, 5) is 0. The zero-order valence-electron chi connectivity index (χ0n) is 6.69. The highest BCUT2D eigenvalue weighted by atomic mass is 16.6. The van der Waals surface area contributed by atoms with E-state index < -0.39 is 18.0 Å². The van der Waals surface area contributed by atoms with Gasteiger partial charge in [0.1, 0.15) is 6.10 Å². The number of ether oxygens (including phenoxy) is 1. The molecule has 0 aromatic heterocycles. The van der Waals surface area contributed by atoms with Crippen LogP contribution in [0.1, 0.15) is 13.8 Å². The average molecular weight is 162 g/mol. The Balaban J connectivity index is 2.67. The van der Waals surface area contributed by atoms with Crippen LogP contribution in [0.5, 0.6) is 0 Å². The highest BCUT2D eigenvalue weighted by molar-refractivity contribution is 4.86. The molecule has 0 radical (unpaired) electrons. The molecule has 0 unspecified atom stereocenters. The Morgan fingerprint density at radius 1 is 1.45 bits per heavy atom. The van der Waals surface area contributed by atoms with E-state index in [0.717, 1.165) is 0 Å². The summed E-state index contributed by atoms with van der Waals surface area (Å²) in [5, 5.41) is 27.8. The summed E-state index contributed by atoms with van der Waals surface area (Å²) in [7, 11) is 0. The van der Waals surface area contributed by atoms with Gasteiger partial charge in [-0.25, -0.2) is 0 Å². The molecule has 0 saturated carbocycles. The standard InChI is InChI=1S/C7H14O4/c1-4-3-11-7(2,10)6(9)5(4)8/h4-6,8-10H,3H2,1-2H3/t4-,5+,6-,7+/m0/s1. The zero-order chi connectivity index (χ0) is 8.65. The van der Waals surface area contributed by atoms with E-state index in [9.17, 15) is 15.3 Å². The van der Waals surface area contributed by atoms with Gasteiger partial charge in [-0.05, 0) is 6.92 Å². The summed E-state index contributed by atoms with van der Waals surface area (Å²) >= 11 is 0. The van der Waals surface area contributed by atoms with Crippen LogP contribution >= 0.6 is 0 Å². The van der Waals surface area contributed by atoms with Gasteiger partial charge in [-0.1, -0.05) is 6.92 Å². The van der Waals surface area contributed by atoms with Crippen LogP contribution in [0.4, 0.5) is 0 Å². The van der Waals surface area contributed by atoms with E-state index in [4.69, 9.17) is 4.74 Å². The van der Waals surface area contributed by atoms with Gasteiger partial charge in [-0.15, -0.1) is 0 Å². The maximum absolute atomic E-state index is 9.30. The minimum absolute atomic E-state index is 0.134. The van der Waals surface area contributed by atoms with Crippen molar-refractivity contribution in [2.75, 3.05) is 6.61 Å². The molecule has 1 aliphatic heterocycles. The van der Waals surface area contributed by atoms with Gasteiger partial charge >= 0.3 is 0 Å². The van der Waals surface area contributed by atoms with Crippen molar-refractivity contribution in [3.63, 3.8) is 0 Å². The lowest BCUT2D eigenvalue weighted by Crippen LogP contribution is -2.56. The van der Waals surface area contributed by atoms with Crippen LogP contribution in [0, 0.1) is 5.92 Å². The molecule has 0 bridgehead atoms. The van der Waals surface area contributed by atoms with Gasteiger partial charge in [0.15, 0.2) is 5.79 Å². The summed E-state index contributed by atoms with van der Waals surface area (Å²) < 4.78 is 4.91. The Morgan fingerprint density at radius 3 is 2.45 bits per heavy atom. The summed E-state index contributed by atoms with van der Waals surface area (Å²) in [5.41, 5.74) is 0. The van der Waals surface area contributed by atoms with Gasteiger partial charge in [0.25, 0.3) is 0 Å². The Labute approximate surface area is 65.4 Å². The fourth-order valence-electron chi connectivity index (χ4n) is 1.11. The van der Waals surface area contributed by atoms with E-state index >= 15 is 0 Å². The molecule has 1 rings (SSSR count). The Bertz CT molecular complexity index is 145. The lowest BCUT2D eigenvalue weighted by Gasteiger charge is -2.40. The quantitative estimate of drug-likeness (QED) is 0.431. The third kappa shape index (κ3) is 1.54. The third-order valence-corrected chi connectivity index (χ3v) is 2.09. The SMILES string of the molecule is C[C@H]1CO[C@@](C)(O)[C@@H](O)[C@@H]1O. The number of aliphatic hydroxyl groups is 3. The van der Waals surface area contributed by atoms with E-state index in [0.29, 0.717) is 0 Å². The topological polar surface area (TPSA) is 69.9 Å². The fourth-order valence-corrected chi connectivity index (χ4v) is 1.11. The van der Waals surface area contributed by atoms with Gasteiger partial charge in [-0.2, -0.15) is 0 Å². The number of hydrogen-bond donors (Lipinski definition) is 3. The molecule has 0 spiro atoms. The average Bonchev–Trinajstić information content (AvgIpc) is 1.95. The second-order valence-corrected chi connectivity index (χ2v) is 3.28. The summed E-state index contributed by atoms with van der Waals surface area (Å²) in [6, 6.07) is 0. The first-order valence-electron chi connectivity index (χ1n) is 3.67. The van der Waals surface area contributed by atoms with Crippen molar-refractivity contribution in [3.8, 4) is 0 Å². The van der Waals surface area contributed by atoms with Crippen LogP contribution < -0.4 is 0 Å². The summed E-state index contributed by atoms with van der Waals surface area (Å²) in [5.74, 6) is -1.74. The van der Waals surface area contributed by atoms with E-state index in [1.807, 2.05) is 0 Å². The van der Waals surface area contributed by atoms with Crippen LogP contribution in [-0.4, -0.2) is 39.9 Å². The van der Waals surface area contributed by atoms with Crippen LogP contribution in [0.15, 0.2) is 0 Å². The molecule has 0 aromatic carbocycles. The number of hydrogen-bond acceptors (Lipinski definition) is 4. The normalized spacial score (nSPS) is 52.6. The van der Waals surface area contributed by atoms with E-state index in [2.05, 4.69) is 0 Å². The first kappa shape index (κ1) is 8.93. The van der Waals surface area contributed by atoms with Gasteiger partial charge in [0, 0.05) is 5.92 Å². The first-order chi connectivity index (χ1) is 4.95. The number of aliphatic hydroxyl groups excluding tert-OH is 2. The second kappa shape index (κ2) is 2.71. The predicted octanol–water partition coefficient (Wildman–Crippen LogP) is -0.917. The zero-order valence-corrected chi connectivity index (χ0v) is 6.69. The van der Waals surface area contributed by atoms with Crippen molar-refractivity contribution < 1.29 is 20.1 Å². The molecular weight excluding hydrogens is 148 g/mol. The predicted molar refractivity (Wildman–Crippen MR) is 37.8 cm³/mol. The van der Waals surface area contributed by atoms with Gasteiger partial charge in [0.05, 0.1) is 12.7 Å². The minimum Gasteiger partial charge on any atom is -0.390 e. The molecule has 1 fully saturated rings. The Morgan fingerprint density at radius 2 is 2.00 bits per heavy atom. The molecular formula is C7H14O4. The molecule has 0 aromatic rings. The monoisotopic (exact) mass is 162 g/mol. The fraction of sp³-hybridized carbons (Fsp3) is 1.00. The van der Waals surface area contributed by atoms with Crippen LogP contribution in [0.25, 0.3) is 0 Å². The highest BCUT2D eigenvalue weighted by Gasteiger charge is 2.43. The van der Waals surface area contributed by atoms with E-state index in [-0.39, 0.29) is 12.5 Å². The van der Waals surface area contributed by atoms with Crippen molar-refractivity contribution in [1.82, 2.24) is 0 Å². The molecule has 3 N–H and O–H groups in total. The van der Waals surface area contributed by atoms with E-state index in [1.54, 1.807) is 6.92 Å². The molecule has 11 heavy (non-hydrogen) atoms. The van der Waals surface area contributed by atoms with Crippen LogP contribution in [0.2, 0.25) is 0 Å². The Hall–Kier alpha value is -0.160. The van der Waals surface area contributed by atoms with E-state index in [1.165, 1.54) is 6.92 Å². The Kier molecular flexibility index (Phi) is 2.20. The summed E-state index contributed by atoms with van der Waals surface area (Å²) in [6.45, 7) is 3.36. The second-order valence-electron chi connectivity index (χ2n) is 3.28. The molecule has 4 heteroatoms. The summed E-state index contributed by atoms with van der Waals surface area (Å²) in [6.07, 6.45) is -2.12. The van der Waals surface area contributed by atoms with Gasteiger partial charge < -0.3 is 20.1 Å². The maximum Gasteiger partial charge on any atom is 0.191 e. The van der Waals surface area contributed by atoms with Crippen molar-refractivity contribution in [2.45, 2.75) is 31.8 Å². The van der Waals surface area contributed by atoms with Crippen LogP contribution in [-0.2, 0) is 4.74 Å². The maximum atomic E-state index is 9.30. The molecule has 4 atom stereocenters. The smallest absolute Gasteiger partial charge is 0.191 e. The van der Waals surface area contributed by atoms with Crippen molar-refractivity contribution in [3.05, 3.63) is 0 Å². The van der Waals surface area contributed by atoms with Crippen molar-refractivity contribution in [1.29, 1.82) is 0 Å². The van der Waals surface area contributed by atoms with Gasteiger partial charge in [-0.3, -0.25) is 0 Å². The molecule has 1 saturated heterocycles. The third-order valence-electron chi connectivity index (χ3n) is 2.09. The van der Waals surface area contributed by atoms with Crippen molar-refractivity contribution in [2.24, 2.45) is 5.92 Å². The van der Waals surface area contributed by atoms with Gasteiger partial charge in [0.2, 0.25) is 0 Å². The largest absolute Gasteiger partial charge is 0.390 e. The lowest BCUT2D eigenvalue weighted by atomic mass is 9.92. The molecule has 1 heterocycles. The molecule has 0 aliphatic carbocycles. The number of rotatable bonds is 0. The molecule has 4 nitrogen and oxygen atoms in total. The molecule has 0 amide bonds. The lowest BCUT2D eigenvalue weighted by molar-refractivity contribution is -0.302. The van der Waals surface area contributed by atoms with Crippen LogP contribution in [0.3, 0.4) is 0 Å².